The summed E-state index contributed by atoms with van der Waals surface area (Å²) in [4.78, 5) is 21.2. The zero-order chi connectivity index (χ0) is 10.1. The molecule has 0 aliphatic rings. The summed E-state index contributed by atoms with van der Waals surface area (Å²) in [7, 11) is 0. The number of hydrogen-bond acceptors (Lipinski definition) is 2. The van der Waals surface area contributed by atoms with Gasteiger partial charge in [0, 0.05) is 25.8 Å². The normalized spacial score (nSPS) is 8.00. The Kier molecular flexibility index (Phi) is 11.7. The molecule has 0 aromatic rings. The molecule has 0 atom stereocenters. The van der Waals surface area contributed by atoms with Crippen LogP contribution in [0.1, 0.15) is 0 Å². The van der Waals surface area contributed by atoms with Gasteiger partial charge in [-0.25, -0.2) is 0 Å². The summed E-state index contributed by atoms with van der Waals surface area (Å²) in [6.07, 6.45) is 4.11. The van der Waals surface area contributed by atoms with Crippen LogP contribution in [-0.4, -0.2) is 24.9 Å². The third-order valence-electron chi connectivity index (χ3n) is 1.21. The van der Waals surface area contributed by atoms with Gasteiger partial charge < -0.3 is 10.6 Å². The summed E-state index contributed by atoms with van der Waals surface area (Å²) < 4.78 is 0. The Morgan fingerprint density at radius 3 is 1.71 bits per heavy atom. The molecule has 0 aromatic carbocycles. The quantitative estimate of drug-likeness (QED) is 0.374. The fourth-order valence-electron chi connectivity index (χ4n) is 0.562. The van der Waals surface area contributed by atoms with Crippen LogP contribution in [0.3, 0.4) is 0 Å². The molecule has 1 radical (unpaired) electrons. The van der Waals surface area contributed by atoms with Gasteiger partial charge in [0.25, 0.3) is 0 Å². The summed E-state index contributed by atoms with van der Waals surface area (Å²) in [5, 5.41) is 5.07. The van der Waals surface area contributed by atoms with Crippen molar-refractivity contribution in [3.63, 3.8) is 0 Å². The van der Waals surface area contributed by atoms with Crippen LogP contribution in [0.2, 0.25) is 0 Å². The first-order valence-electron chi connectivity index (χ1n) is 3.83. The van der Waals surface area contributed by atoms with Gasteiger partial charge in [-0.2, -0.15) is 0 Å². The van der Waals surface area contributed by atoms with Crippen molar-refractivity contribution in [2.75, 3.05) is 13.1 Å². The molecular weight excluding hydrogens is 213 g/mol. The van der Waals surface area contributed by atoms with Crippen LogP contribution in [0.5, 0.6) is 0 Å². The molecule has 2 N–H and O–H groups in total. The van der Waals surface area contributed by atoms with E-state index in [1.807, 2.05) is 0 Å². The van der Waals surface area contributed by atoms with Crippen LogP contribution >= 0.6 is 0 Å². The number of carbonyl (C=O) groups is 2. The minimum Gasteiger partial charge on any atom is -0.382 e. The van der Waals surface area contributed by atoms with E-state index in [4.69, 9.17) is 0 Å². The molecule has 0 bridgehead atoms. The molecule has 0 fully saturated rings. The van der Waals surface area contributed by atoms with Gasteiger partial charge in [-0.15, -0.1) is 13.1 Å². The molecule has 0 heterocycles. The minimum atomic E-state index is -0.230. The average molecular weight is 226 g/mol. The largest absolute Gasteiger partial charge is 0.382 e. The second kappa shape index (κ2) is 10.4. The third kappa shape index (κ3) is 9.38. The predicted octanol–water partition coefficient (Wildman–Crippen LogP) is -0.207. The molecule has 2 amide bonds. The fraction of sp³-hybridized carbons (Fsp3) is 0.222. The second-order valence-electron chi connectivity index (χ2n) is 2.19. The molecule has 0 saturated carbocycles. The second-order valence-corrected chi connectivity index (χ2v) is 2.19. The molecule has 0 aromatic heterocycles. The molecule has 0 unspecified atom stereocenters. The Morgan fingerprint density at radius 1 is 1.07 bits per heavy atom. The van der Waals surface area contributed by atoms with E-state index >= 15 is 0 Å². The maximum atomic E-state index is 10.6. The summed E-state index contributed by atoms with van der Waals surface area (Å²) in [6.45, 7) is 7.39. The Labute approximate surface area is 103 Å². The van der Waals surface area contributed by atoms with E-state index in [1.165, 1.54) is 12.2 Å². The van der Waals surface area contributed by atoms with E-state index in [-0.39, 0.29) is 37.7 Å². The van der Waals surface area contributed by atoms with Gasteiger partial charge in [-0.1, -0.05) is 13.2 Å². The number of carbonyl (C=O) groups excluding carboxylic acids is 2. The van der Waals surface area contributed by atoms with Gasteiger partial charge in [0.2, 0.25) is 11.8 Å². The maximum absolute atomic E-state index is 10.6. The maximum Gasteiger partial charge on any atom is 0.240 e. The van der Waals surface area contributed by atoms with Crippen molar-refractivity contribution in [3.8, 4) is 0 Å². The first kappa shape index (κ1) is 15.7. The first-order valence-corrected chi connectivity index (χ1v) is 3.83. The first-order chi connectivity index (χ1) is 6.20. The van der Waals surface area contributed by atoms with E-state index in [1.54, 1.807) is 6.42 Å². The van der Waals surface area contributed by atoms with Gasteiger partial charge >= 0.3 is 0 Å². The van der Waals surface area contributed by atoms with Gasteiger partial charge in [-0.3, -0.25) is 16.0 Å². The monoisotopic (exact) mass is 226 g/mol. The van der Waals surface area contributed by atoms with Gasteiger partial charge in [-0.05, 0) is 12.2 Å². The van der Waals surface area contributed by atoms with Crippen molar-refractivity contribution in [2.45, 2.75) is 0 Å². The topological polar surface area (TPSA) is 58.2 Å². The average Bonchev–Trinajstić information content (AvgIpc) is 2.16. The van der Waals surface area contributed by atoms with Crippen molar-refractivity contribution in [2.24, 2.45) is 0 Å². The van der Waals surface area contributed by atoms with Gasteiger partial charge in [0.15, 0.2) is 0 Å². The van der Waals surface area contributed by atoms with Crippen LogP contribution in [0, 0.1) is 6.42 Å². The van der Waals surface area contributed by atoms with Gasteiger partial charge in [0.05, 0.1) is 0 Å². The van der Waals surface area contributed by atoms with Crippen LogP contribution in [0.25, 0.3) is 0 Å². The minimum absolute atomic E-state index is 0. The molecule has 0 rings (SSSR count). The smallest absolute Gasteiger partial charge is 0.240 e. The summed E-state index contributed by atoms with van der Waals surface area (Å²) >= 11 is 0. The van der Waals surface area contributed by atoms with Crippen molar-refractivity contribution in [1.82, 2.24) is 10.6 Å². The number of hydrogen-bond donors (Lipinski definition) is 2. The van der Waals surface area contributed by atoms with Crippen LogP contribution < -0.4 is 10.6 Å². The fourth-order valence-corrected chi connectivity index (χ4v) is 0.562. The van der Waals surface area contributed by atoms with Crippen molar-refractivity contribution in [1.29, 1.82) is 0 Å². The zero-order valence-corrected chi connectivity index (χ0v) is 9.76. The van der Waals surface area contributed by atoms with E-state index in [0.717, 1.165) is 0 Å². The van der Waals surface area contributed by atoms with Crippen molar-refractivity contribution >= 4 is 11.8 Å². The predicted molar refractivity (Wildman–Crippen MR) is 50.7 cm³/mol. The molecular formula is C9H13N2O2Sc-. The number of amides is 2. The number of nitrogens with one attached hydrogen (secondary N) is 2. The Balaban J connectivity index is 0. The van der Waals surface area contributed by atoms with Crippen molar-refractivity contribution < 1.29 is 35.4 Å². The molecule has 75 valence electrons. The SMILES string of the molecule is C=CC(=O)NC[CH-]CNC(=O)C=C.[Sc]. The zero-order valence-electron chi connectivity index (χ0n) is 7.95. The summed E-state index contributed by atoms with van der Waals surface area (Å²) in [6, 6.07) is 0. The Hall–Kier alpha value is -0.710. The third-order valence-corrected chi connectivity index (χ3v) is 1.21. The molecule has 0 saturated heterocycles. The molecule has 0 spiro atoms. The van der Waals surface area contributed by atoms with E-state index in [9.17, 15) is 9.59 Å². The Morgan fingerprint density at radius 2 is 1.43 bits per heavy atom. The number of rotatable bonds is 6. The Bertz CT molecular complexity index is 195. The van der Waals surface area contributed by atoms with Crippen LogP contribution in [-0.2, 0) is 35.4 Å². The molecule has 4 nitrogen and oxygen atoms in total. The summed E-state index contributed by atoms with van der Waals surface area (Å²) in [5.74, 6) is -0.461. The van der Waals surface area contributed by atoms with Crippen LogP contribution in [0.15, 0.2) is 25.3 Å². The summed E-state index contributed by atoms with van der Waals surface area (Å²) in [5.41, 5.74) is 0. The van der Waals surface area contributed by atoms with Gasteiger partial charge in [0.1, 0.15) is 0 Å². The van der Waals surface area contributed by atoms with Crippen molar-refractivity contribution in [3.05, 3.63) is 31.7 Å². The standard InChI is InChI=1S/C9H13N2O2.Sc/c1-3-8(12)10-6-5-7-11-9(13)4-2;/h3-5H,1-2,6-7H2,(H,10,12)(H,11,13);/q-1;. The van der Waals surface area contributed by atoms with E-state index < -0.39 is 0 Å². The molecule has 5 heteroatoms. The van der Waals surface area contributed by atoms with Crippen LogP contribution in [0.4, 0.5) is 0 Å². The molecule has 0 aliphatic heterocycles. The molecule has 14 heavy (non-hydrogen) atoms. The molecule has 0 aliphatic carbocycles. The van der Waals surface area contributed by atoms with E-state index in [0.29, 0.717) is 13.1 Å². The van der Waals surface area contributed by atoms with E-state index in [2.05, 4.69) is 23.8 Å².